The van der Waals surface area contributed by atoms with E-state index in [1.54, 1.807) is 0 Å². The molecule has 2 heteroatoms. The smallest absolute Gasteiger partial charge is 0.0482 e. The van der Waals surface area contributed by atoms with Gasteiger partial charge in [-0.1, -0.05) is 6.92 Å². The summed E-state index contributed by atoms with van der Waals surface area (Å²) in [4.78, 5) is -0.0603. The molecule has 0 spiro atoms. The molecule has 0 aliphatic rings. The van der Waals surface area contributed by atoms with Crippen molar-refractivity contribution in [1.29, 1.82) is 0 Å². The van der Waals surface area contributed by atoms with Gasteiger partial charge in [0.15, 0.2) is 0 Å². The summed E-state index contributed by atoms with van der Waals surface area (Å²) in [6.45, 7) is 7.71. The Morgan fingerprint density at radius 3 is 2.40 bits per heavy atom. The van der Waals surface area contributed by atoms with Gasteiger partial charge in [-0.3, -0.25) is 0 Å². The molecule has 0 radical (unpaired) electrons. The molecular formula is C8H17ClO. The van der Waals surface area contributed by atoms with Crippen LogP contribution >= 0.6 is 11.6 Å². The zero-order valence-electron chi connectivity index (χ0n) is 7.11. The highest BCUT2D eigenvalue weighted by Gasteiger charge is 2.16. The second kappa shape index (κ2) is 4.97. The van der Waals surface area contributed by atoms with E-state index in [-0.39, 0.29) is 4.87 Å². The largest absolute Gasteiger partial charge is 0.382 e. The van der Waals surface area contributed by atoms with Crippen LogP contribution in [0.1, 0.15) is 33.6 Å². The Bertz CT molecular complexity index is 81.3. The summed E-state index contributed by atoms with van der Waals surface area (Å²) >= 11 is 6.08. The summed E-state index contributed by atoms with van der Waals surface area (Å²) in [5.41, 5.74) is 0. The summed E-state index contributed by atoms with van der Waals surface area (Å²) < 4.78 is 5.19. The van der Waals surface area contributed by atoms with Crippen LogP contribution in [0.15, 0.2) is 0 Å². The van der Waals surface area contributed by atoms with Crippen molar-refractivity contribution in [2.24, 2.45) is 0 Å². The Labute approximate surface area is 68.7 Å². The average molecular weight is 165 g/mol. The maximum absolute atomic E-state index is 6.08. The molecule has 0 amide bonds. The van der Waals surface area contributed by atoms with Crippen LogP contribution in [0.25, 0.3) is 0 Å². The van der Waals surface area contributed by atoms with Gasteiger partial charge >= 0.3 is 0 Å². The van der Waals surface area contributed by atoms with Crippen LogP contribution in [0.2, 0.25) is 0 Å². The van der Waals surface area contributed by atoms with Crippen LogP contribution in [0, 0.1) is 0 Å². The van der Waals surface area contributed by atoms with Crippen molar-refractivity contribution in [3.8, 4) is 0 Å². The van der Waals surface area contributed by atoms with Crippen molar-refractivity contribution in [1.82, 2.24) is 0 Å². The Morgan fingerprint density at radius 2 is 2.00 bits per heavy atom. The molecule has 0 saturated heterocycles. The highest BCUT2D eigenvalue weighted by molar-refractivity contribution is 6.23. The summed E-state index contributed by atoms with van der Waals surface area (Å²) in [6, 6.07) is 0. The number of ether oxygens (including phenoxy) is 1. The van der Waals surface area contributed by atoms with E-state index in [0.717, 1.165) is 26.1 Å². The second-order valence-corrected chi connectivity index (χ2v) is 3.63. The van der Waals surface area contributed by atoms with Gasteiger partial charge in [0.1, 0.15) is 0 Å². The molecule has 1 nitrogen and oxygen atoms in total. The quantitative estimate of drug-likeness (QED) is 0.449. The van der Waals surface area contributed by atoms with E-state index in [4.69, 9.17) is 16.3 Å². The van der Waals surface area contributed by atoms with Crippen LogP contribution in [0.3, 0.4) is 0 Å². The molecule has 0 aliphatic carbocycles. The van der Waals surface area contributed by atoms with Gasteiger partial charge in [-0.2, -0.15) is 0 Å². The number of hydrogen-bond donors (Lipinski definition) is 0. The Kier molecular flexibility index (Phi) is 5.10. The van der Waals surface area contributed by atoms with Gasteiger partial charge in [0.05, 0.1) is 0 Å². The standard InChI is InChI=1S/C8H17ClO/c1-4-8(3,9)6-7-10-5-2/h4-7H2,1-3H3. The third kappa shape index (κ3) is 5.07. The van der Waals surface area contributed by atoms with E-state index < -0.39 is 0 Å². The van der Waals surface area contributed by atoms with Crippen LogP contribution in [-0.2, 0) is 4.74 Å². The average Bonchev–Trinajstić information content (AvgIpc) is 1.89. The molecule has 0 rings (SSSR count). The molecule has 62 valence electrons. The van der Waals surface area contributed by atoms with E-state index >= 15 is 0 Å². The third-order valence-electron chi connectivity index (χ3n) is 1.71. The monoisotopic (exact) mass is 164 g/mol. The van der Waals surface area contributed by atoms with Crippen molar-refractivity contribution in [2.45, 2.75) is 38.5 Å². The normalized spacial score (nSPS) is 16.8. The van der Waals surface area contributed by atoms with Gasteiger partial charge in [-0.05, 0) is 26.7 Å². The van der Waals surface area contributed by atoms with E-state index in [2.05, 4.69) is 6.92 Å². The van der Waals surface area contributed by atoms with Crippen molar-refractivity contribution < 1.29 is 4.74 Å². The number of halogens is 1. The third-order valence-corrected chi connectivity index (χ3v) is 2.17. The van der Waals surface area contributed by atoms with Crippen LogP contribution in [0.5, 0.6) is 0 Å². The highest BCUT2D eigenvalue weighted by atomic mass is 35.5. The Balaban J connectivity index is 3.28. The highest BCUT2D eigenvalue weighted by Crippen LogP contribution is 2.22. The lowest BCUT2D eigenvalue weighted by Gasteiger charge is -2.18. The maximum atomic E-state index is 6.08. The Morgan fingerprint density at radius 1 is 1.40 bits per heavy atom. The zero-order chi connectivity index (χ0) is 8.04. The SMILES string of the molecule is CCOCCC(C)(Cl)CC. The first kappa shape index (κ1) is 10.2. The van der Waals surface area contributed by atoms with E-state index in [1.807, 2.05) is 13.8 Å². The molecule has 1 atom stereocenters. The molecule has 0 bridgehead atoms. The number of hydrogen-bond acceptors (Lipinski definition) is 1. The van der Waals surface area contributed by atoms with E-state index in [0.29, 0.717) is 0 Å². The molecular weight excluding hydrogens is 148 g/mol. The molecule has 1 unspecified atom stereocenters. The van der Waals surface area contributed by atoms with Gasteiger partial charge in [0.2, 0.25) is 0 Å². The topological polar surface area (TPSA) is 9.23 Å². The fourth-order valence-corrected chi connectivity index (χ4v) is 0.683. The van der Waals surface area contributed by atoms with E-state index in [1.165, 1.54) is 0 Å². The molecule has 0 saturated carbocycles. The van der Waals surface area contributed by atoms with Gasteiger partial charge in [0.25, 0.3) is 0 Å². The first-order valence-electron chi connectivity index (χ1n) is 3.89. The molecule has 0 aromatic heterocycles. The van der Waals surface area contributed by atoms with Gasteiger partial charge in [-0.15, -0.1) is 11.6 Å². The zero-order valence-corrected chi connectivity index (χ0v) is 7.87. The van der Waals surface area contributed by atoms with Crippen molar-refractivity contribution >= 4 is 11.6 Å². The molecule has 0 fully saturated rings. The molecule has 0 heterocycles. The lowest BCUT2D eigenvalue weighted by Crippen LogP contribution is -2.17. The summed E-state index contributed by atoms with van der Waals surface area (Å²) in [7, 11) is 0. The minimum absolute atomic E-state index is 0.0603. The molecule has 10 heavy (non-hydrogen) atoms. The lowest BCUT2D eigenvalue weighted by molar-refractivity contribution is 0.137. The minimum atomic E-state index is -0.0603. The predicted octanol–water partition coefficient (Wildman–Crippen LogP) is 2.82. The van der Waals surface area contributed by atoms with Crippen LogP contribution in [-0.4, -0.2) is 18.1 Å². The van der Waals surface area contributed by atoms with Crippen molar-refractivity contribution in [3.05, 3.63) is 0 Å². The minimum Gasteiger partial charge on any atom is -0.382 e. The molecule has 0 aromatic carbocycles. The molecule has 0 aliphatic heterocycles. The summed E-state index contributed by atoms with van der Waals surface area (Å²) in [5, 5.41) is 0. The van der Waals surface area contributed by atoms with Gasteiger partial charge < -0.3 is 4.74 Å². The van der Waals surface area contributed by atoms with Crippen LogP contribution < -0.4 is 0 Å². The van der Waals surface area contributed by atoms with Gasteiger partial charge in [-0.25, -0.2) is 0 Å². The Hall–Kier alpha value is 0.250. The lowest BCUT2D eigenvalue weighted by atomic mass is 10.1. The first-order valence-corrected chi connectivity index (χ1v) is 4.27. The number of rotatable bonds is 5. The van der Waals surface area contributed by atoms with E-state index in [9.17, 15) is 0 Å². The van der Waals surface area contributed by atoms with Gasteiger partial charge in [0, 0.05) is 18.1 Å². The van der Waals surface area contributed by atoms with Crippen molar-refractivity contribution in [2.75, 3.05) is 13.2 Å². The fraction of sp³-hybridized carbons (Fsp3) is 1.00. The fourth-order valence-electron chi connectivity index (χ4n) is 0.606. The first-order chi connectivity index (χ1) is 4.62. The second-order valence-electron chi connectivity index (χ2n) is 2.71. The summed E-state index contributed by atoms with van der Waals surface area (Å²) in [5.74, 6) is 0. The summed E-state index contributed by atoms with van der Waals surface area (Å²) in [6.07, 6.45) is 1.94. The molecule has 0 N–H and O–H groups in total. The van der Waals surface area contributed by atoms with Crippen molar-refractivity contribution in [3.63, 3.8) is 0 Å². The number of alkyl halides is 1. The van der Waals surface area contributed by atoms with Crippen LogP contribution in [0.4, 0.5) is 0 Å². The predicted molar refractivity (Wildman–Crippen MR) is 45.7 cm³/mol. The maximum Gasteiger partial charge on any atom is 0.0482 e. The molecule has 0 aromatic rings.